The highest BCUT2D eigenvalue weighted by Crippen LogP contribution is 2.14. The van der Waals surface area contributed by atoms with Gasteiger partial charge in [0, 0.05) is 23.6 Å². The molecule has 1 fully saturated rings. The van der Waals surface area contributed by atoms with Crippen LogP contribution < -0.4 is 5.32 Å². The second-order valence-electron chi connectivity index (χ2n) is 4.91. The van der Waals surface area contributed by atoms with Gasteiger partial charge in [0.05, 0.1) is 6.42 Å². The van der Waals surface area contributed by atoms with E-state index in [4.69, 9.17) is 5.11 Å². The molecule has 0 spiro atoms. The lowest BCUT2D eigenvalue weighted by Gasteiger charge is -2.31. The predicted octanol–water partition coefficient (Wildman–Crippen LogP) is 2.25. The summed E-state index contributed by atoms with van der Waals surface area (Å²) in [5.74, 6) is 0.0982. The van der Waals surface area contributed by atoms with Gasteiger partial charge in [0.25, 0.3) is 0 Å². The Balaban J connectivity index is 1.82. The van der Waals surface area contributed by atoms with E-state index in [9.17, 15) is 9.59 Å². The standard InChI is InChI=1S/C14H17BrN2O3/c15-11-3-1-10(2-4-11)9-13(18)17-7-5-12(6-8-17)16-14(19)20/h1-4,12,16H,5-9H2,(H,19,20). The molecule has 2 N–H and O–H groups in total. The molecule has 2 amide bonds. The number of likely N-dealkylation sites (tertiary alicyclic amines) is 1. The number of rotatable bonds is 3. The van der Waals surface area contributed by atoms with E-state index in [1.54, 1.807) is 0 Å². The van der Waals surface area contributed by atoms with E-state index in [0.717, 1.165) is 10.0 Å². The van der Waals surface area contributed by atoms with Crippen LogP contribution in [-0.4, -0.2) is 41.1 Å². The van der Waals surface area contributed by atoms with Crippen molar-refractivity contribution in [3.05, 3.63) is 34.3 Å². The summed E-state index contributed by atoms with van der Waals surface area (Å²) in [5.41, 5.74) is 0.990. The van der Waals surface area contributed by atoms with Gasteiger partial charge < -0.3 is 15.3 Å². The maximum Gasteiger partial charge on any atom is 0.404 e. The number of nitrogens with zero attached hydrogens (tertiary/aromatic N) is 1. The molecule has 0 radical (unpaired) electrons. The first-order chi connectivity index (χ1) is 9.54. The normalized spacial score (nSPS) is 15.9. The summed E-state index contributed by atoms with van der Waals surface area (Å²) in [5, 5.41) is 11.1. The van der Waals surface area contributed by atoms with Crippen molar-refractivity contribution in [3.8, 4) is 0 Å². The first kappa shape index (κ1) is 14.8. The molecule has 0 saturated carbocycles. The summed E-state index contributed by atoms with van der Waals surface area (Å²) in [4.78, 5) is 24.5. The Bertz CT molecular complexity index is 482. The number of carbonyl (C=O) groups is 2. The molecule has 1 heterocycles. The number of hydrogen-bond acceptors (Lipinski definition) is 2. The summed E-state index contributed by atoms with van der Waals surface area (Å²) < 4.78 is 0.995. The molecule has 0 bridgehead atoms. The van der Waals surface area contributed by atoms with E-state index in [0.29, 0.717) is 32.4 Å². The van der Waals surface area contributed by atoms with Crippen molar-refractivity contribution in [2.75, 3.05) is 13.1 Å². The monoisotopic (exact) mass is 340 g/mol. The van der Waals surface area contributed by atoms with Crippen molar-refractivity contribution in [2.45, 2.75) is 25.3 Å². The van der Waals surface area contributed by atoms with Gasteiger partial charge in [-0.15, -0.1) is 0 Å². The minimum atomic E-state index is -0.996. The zero-order valence-electron chi connectivity index (χ0n) is 11.0. The van der Waals surface area contributed by atoms with Crippen LogP contribution in [0.5, 0.6) is 0 Å². The van der Waals surface area contributed by atoms with Gasteiger partial charge in [0.1, 0.15) is 0 Å². The van der Waals surface area contributed by atoms with Crippen molar-refractivity contribution in [1.82, 2.24) is 10.2 Å². The molecular formula is C14H17BrN2O3. The molecule has 2 rings (SSSR count). The quantitative estimate of drug-likeness (QED) is 0.886. The lowest BCUT2D eigenvalue weighted by molar-refractivity contribution is -0.131. The Kier molecular flexibility index (Phi) is 5.00. The molecule has 6 heteroatoms. The number of carboxylic acid groups (broad SMARTS) is 1. The van der Waals surface area contributed by atoms with Gasteiger partial charge in [-0.25, -0.2) is 4.79 Å². The van der Waals surface area contributed by atoms with Gasteiger partial charge in [-0.3, -0.25) is 4.79 Å². The van der Waals surface area contributed by atoms with Crippen LogP contribution in [0.1, 0.15) is 18.4 Å². The van der Waals surface area contributed by atoms with Crippen LogP contribution in [0.2, 0.25) is 0 Å². The Hall–Kier alpha value is -1.56. The average molecular weight is 341 g/mol. The van der Waals surface area contributed by atoms with Crippen LogP contribution in [-0.2, 0) is 11.2 Å². The van der Waals surface area contributed by atoms with E-state index in [-0.39, 0.29) is 11.9 Å². The van der Waals surface area contributed by atoms with Gasteiger partial charge >= 0.3 is 6.09 Å². The molecule has 20 heavy (non-hydrogen) atoms. The van der Waals surface area contributed by atoms with E-state index >= 15 is 0 Å². The smallest absolute Gasteiger partial charge is 0.404 e. The van der Waals surface area contributed by atoms with Gasteiger partial charge in [-0.1, -0.05) is 28.1 Å². The lowest BCUT2D eigenvalue weighted by atomic mass is 10.0. The topological polar surface area (TPSA) is 69.6 Å². The largest absolute Gasteiger partial charge is 0.465 e. The molecule has 0 unspecified atom stereocenters. The highest BCUT2D eigenvalue weighted by Gasteiger charge is 2.23. The van der Waals surface area contributed by atoms with E-state index in [2.05, 4.69) is 21.2 Å². The number of nitrogens with one attached hydrogen (secondary N) is 1. The highest BCUT2D eigenvalue weighted by atomic mass is 79.9. The van der Waals surface area contributed by atoms with Crippen LogP contribution in [0.15, 0.2) is 28.7 Å². The van der Waals surface area contributed by atoms with Gasteiger partial charge in [-0.05, 0) is 30.5 Å². The lowest BCUT2D eigenvalue weighted by Crippen LogP contribution is -2.46. The van der Waals surface area contributed by atoms with Crippen LogP contribution in [0.25, 0.3) is 0 Å². The third-order valence-corrected chi connectivity index (χ3v) is 3.97. The van der Waals surface area contributed by atoms with Crippen molar-refractivity contribution in [2.24, 2.45) is 0 Å². The molecule has 1 aliphatic rings. The number of halogens is 1. The SMILES string of the molecule is O=C(O)NC1CCN(C(=O)Cc2ccc(Br)cc2)CC1. The molecular weight excluding hydrogens is 324 g/mol. The minimum Gasteiger partial charge on any atom is -0.465 e. The molecule has 0 aliphatic carbocycles. The maximum atomic E-state index is 12.2. The fraction of sp³-hybridized carbons (Fsp3) is 0.429. The Morgan fingerprint density at radius 1 is 1.25 bits per heavy atom. The summed E-state index contributed by atoms with van der Waals surface area (Å²) >= 11 is 3.36. The summed E-state index contributed by atoms with van der Waals surface area (Å²) in [6, 6.07) is 7.67. The minimum absolute atomic E-state index is 0.0377. The molecule has 1 aliphatic heterocycles. The molecule has 1 aromatic rings. The number of amides is 2. The average Bonchev–Trinajstić information content (AvgIpc) is 2.41. The first-order valence-electron chi connectivity index (χ1n) is 6.56. The number of carbonyl (C=O) groups excluding carboxylic acids is 1. The zero-order chi connectivity index (χ0) is 14.5. The third kappa shape index (κ3) is 4.23. The van der Waals surface area contributed by atoms with Gasteiger partial charge in [0.15, 0.2) is 0 Å². The van der Waals surface area contributed by atoms with Crippen molar-refractivity contribution >= 4 is 27.9 Å². The van der Waals surface area contributed by atoms with Gasteiger partial charge in [-0.2, -0.15) is 0 Å². The molecule has 108 valence electrons. The molecule has 1 aromatic carbocycles. The third-order valence-electron chi connectivity index (χ3n) is 3.44. The van der Waals surface area contributed by atoms with Crippen LogP contribution in [0.4, 0.5) is 4.79 Å². The summed E-state index contributed by atoms with van der Waals surface area (Å²) in [6.07, 6.45) is 0.755. The molecule has 5 nitrogen and oxygen atoms in total. The van der Waals surface area contributed by atoms with E-state index in [1.807, 2.05) is 29.2 Å². The zero-order valence-corrected chi connectivity index (χ0v) is 12.6. The van der Waals surface area contributed by atoms with Gasteiger partial charge in [0.2, 0.25) is 5.91 Å². The van der Waals surface area contributed by atoms with Crippen LogP contribution in [0, 0.1) is 0 Å². The van der Waals surface area contributed by atoms with E-state index < -0.39 is 6.09 Å². The van der Waals surface area contributed by atoms with Crippen LogP contribution >= 0.6 is 15.9 Å². The van der Waals surface area contributed by atoms with Crippen molar-refractivity contribution < 1.29 is 14.7 Å². The second kappa shape index (κ2) is 6.74. The number of piperidine rings is 1. The second-order valence-corrected chi connectivity index (χ2v) is 5.82. The van der Waals surface area contributed by atoms with Crippen LogP contribution in [0.3, 0.4) is 0 Å². The summed E-state index contributed by atoms with van der Waals surface area (Å²) in [6.45, 7) is 1.22. The first-order valence-corrected chi connectivity index (χ1v) is 7.35. The van der Waals surface area contributed by atoms with Crippen molar-refractivity contribution in [3.63, 3.8) is 0 Å². The molecule has 0 atom stereocenters. The molecule has 1 saturated heterocycles. The Labute approximate surface area is 126 Å². The molecule has 0 aromatic heterocycles. The Morgan fingerprint density at radius 3 is 2.40 bits per heavy atom. The summed E-state index contributed by atoms with van der Waals surface area (Å²) in [7, 11) is 0. The number of benzene rings is 1. The predicted molar refractivity (Wildman–Crippen MR) is 78.6 cm³/mol. The van der Waals surface area contributed by atoms with Crippen molar-refractivity contribution in [1.29, 1.82) is 0 Å². The fourth-order valence-electron chi connectivity index (χ4n) is 2.34. The number of hydrogen-bond donors (Lipinski definition) is 2. The highest BCUT2D eigenvalue weighted by molar-refractivity contribution is 9.10. The fourth-order valence-corrected chi connectivity index (χ4v) is 2.60. The van der Waals surface area contributed by atoms with E-state index in [1.165, 1.54) is 0 Å². The maximum absolute atomic E-state index is 12.2. The Morgan fingerprint density at radius 2 is 1.85 bits per heavy atom.